The average Bonchev–Trinajstić information content (AvgIpc) is 3.38. The predicted molar refractivity (Wildman–Crippen MR) is 120 cm³/mol. The normalized spacial score (nSPS) is 16.3. The second-order valence-electron chi connectivity index (χ2n) is 7.22. The molecule has 4 nitrogen and oxygen atoms in total. The second-order valence-corrected chi connectivity index (χ2v) is 8.23. The molecule has 0 saturated heterocycles. The van der Waals surface area contributed by atoms with Crippen molar-refractivity contribution in [2.24, 2.45) is 5.10 Å². The minimum absolute atomic E-state index is 0.109. The lowest BCUT2D eigenvalue weighted by Gasteiger charge is -2.21. The van der Waals surface area contributed by atoms with E-state index in [1.165, 1.54) is 15.8 Å². The van der Waals surface area contributed by atoms with Crippen LogP contribution >= 0.6 is 11.3 Å². The fourth-order valence-electron chi connectivity index (χ4n) is 3.70. The number of aryl methyl sites for hydroxylation is 1. The van der Waals surface area contributed by atoms with E-state index in [9.17, 15) is 0 Å². The van der Waals surface area contributed by atoms with E-state index >= 15 is 0 Å². The Balaban J connectivity index is 1.58. The van der Waals surface area contributed by atoms with Gasteiger partial charge in [0, 0.05) is 6.42 Å². The Hall–Kier alpha value is -3.18. The molecule has 2 heterocycles. The Morgan fingerprint density at radius 1 is 1.00 bits per heavy atom. The molecule has 5 rings (SSSR count). The zero-order chi connectivity index (χ0) is 19.8. The fraction of sp³-hybridized carbons (Fsp3) is 0.167. The zero-order valence-electron chi connectivity index (χ0n) is 16.4. The minimum atomic E-state index is 0.109. The van der Waals surface area contributed by atoms with Gasteiger partial charge in [0.2, 0.25) is 5.13 Å². The number of ether oxygens (including phenoxy) is 1. The maximum atomic E-state index is 5.33. The second kappa shape index (κ2) is 7.33. The van der Waals surface area contributed by atoms with Gasteiger partial charge in [0.15, 0.2) is 0 Å². The zero-order valence-corrected chi connectivity index (χ0v) is 17.2. The molecule has 1 aromatic heterocycles. The highest BCUT2D eigenvalue weighted by Crippen LogP contribution is 2.40. The van der Waals surface area contributed by atoms with E-state index in [0.717, 1.165) is 34.1 Å². The van der Waals surface area contributed by atoms with Gasteiger partial charge in [0.25, 0.3) is 0 Å². The number of thiazole rings is 1. The molecule has 1 unspecified atom stereocenters. The summed E-state index contributed by atoms with van der Waals surface area (Å²) in [6, 6.07) is 25.2. The van der Waals surface area contributed by atoms with Gasteiger partial charge in [-0.05, 0) is 47.9 Å². The Labute approximate surface area is 174 Å². The van der Waals surface area contributed by atoms with Crippen LogP contribution < -0.4 is 9.75 Å². The van der Waals surface area contributed by atoms with Gasteiger partial charge in [-0.3, -0.25) is 0 Å². The van der Waals surface area contributed by atoms with Gasteiger partial charge in [-0.2, -0.15) is 5.10 Å². The summed E-state index contributed by atoms with van der Waals surface area (Å²) in [5.74, 6) is 0.859. The molecule has 5 heteroatoms. The van der Waals surface area contributed by atoms with Crippen molar-refractivity contribution < 1.29 is 4.74 Å². The van der Waals surface area contributed by atoms with Gasteiger partial charge in [0.1, 0.15) is 5.75 Å². The van der Waals surface area contributed by atoms with E-state index < -0.39 is 0 Å². The summed E-state index contributed by atoms with van der Waals surface area (Å²) in [7, 11) is 1.69. The van der Waals surface area contributed by atoms with Crippen molar-refractivity contribution >= 4 is 32.4 Å². The molecule has 1 aliphatic rings. The standard InChI is InChI=1S/C24H21N3OS/c1-16-8-13-20-23(14-16)29-24(25-20)27-22(18-9-11-19(28-2)12-10-18)15-21(26-27)17-6-4-3-5-7-17/h3-14,22H,15H2,1-2H3. The first kappa shape index (κ1) is 17.9. The molecule has 1 atom stereocenters. The summed E-state index contributed by atoms with van der Waals surface area (Å²) in [6.45, 7) is 2.11. The molecule has 1 aliphatic heterocycles. The van der Waals surface area contributed by atoms with Crippen LogP contribution in [-0.2, 0) is 0 Å². The molecule has 0 spiro atoms. The Bertz CT molecular complexity index is 1180. The fourth-order valence-corrected chi connectivity index (χ4v) is 4.76. The summed E-state index contributed by atoms with van der Waals surface area (Å²) in [5, 5.41) is 8.03. The highest BCUT2D eigenvalue weighted by molar-refractivity contribution is 7.22. The van der Waals surface area contributed by atoms with Crippen molar-refractivity contribution in [1.29, 1.82) is 0 Å². The summed E-state index contributed by atoms with van der Waals surface area (Å²) >= 11 is 1.70. The first-order valence-electron chi connectivity index (χ1n) is 9.64. The van der Waals surface area contributed by atoms with Crippen LogP contribution in [0.25, 0.3) is 10.2 Å². The number of hydrazone groups is 1. The van der Waals surface area contributed by atoms with Crippen molar-refractivity contribution in [3.63, 3.8) is 0 Å². The number of hydrogen-bond acceptors (Lipinski definition) is 5. The van der Waals surface area contributed by atoms with Crippen molar-refractivity contribution in [2.75, 3.05) is 12.1 Å². The van der Waals surface area contributed by atoms with Gasteiger partial charge in [-0.1, -0.05) is 59.9 Å². The van der Waals surface area contributed by atoms with Gasteiger partial charge < -0.3 is 4.74 Å². The van der Waals surface area contributed by atoms with Gasteiger partial charge >= 0.3 is 0 Å². The van der Waals surface area contributed by atoms with E-state index in [4.69, 9.17) is 14.8 Å². The molecule has 0 radical (unpaired) electrons. The van der Waals surface area contributed by atoms with Crippen LogP contribution in [0.5, 0.6) is 5.75 Å². The van der Waals surface area contributed by atoms with E-state index in [-0.39, 0.29) is 6.04 Å². The molecule has 29 heavy (non-hydrogen) atoms. The van der Waals surface area contributed by atoms with Crippen LogP contribution in [0.4, 0.5) is 5.13 Å². The topological polar surface area (TPSA) is 37.7 Å². The summed E-state index contributed by atoms with van der Waals surface area (Å²) in [6.07, 6.45) is 0.839. The van der Waals surface area contributed by atoms with E-state index in [1.807, 2.05) is 18.2 Å². The number of nitrogens with zero attached hydrogens (tertiary/aromatic N) is 3. The number of anilines is 1. The van der Waals surface area contributed by atoms with Crippen LogP contribution in [0.2, 0.25) is 0 Å². The lowest BCUT2D eigenvalue weighted by atomic mass is 9.98. The van der Waals surface area contributed by atoms with Gasteiger partial charge in [0.05, 0.1) is 29.1 Å². The van der Waals surface area contributed by atoms with Crippen molar-refractivity contribution in [2.45, 2.75) is 19.4 Å². The highest BCUT2D eigenvalue weighted by atomic mass is 32.1. The van der Waals surface area contributed by atoms with Crippen molar-refractivity contribution in [3.8, 4) is 5.75 Å². The monoisotopic (exact) mass is 399 g/mol. The predicted octanol–water partition coefficient (Wildman–Crippen LogP) is 5.97. The van der Waals surface area contributed by atoms with Crippen LogP contribution in [0.3, 0.4) is 0 Å². The number of aromatic nitrogens is 1. The SMILES string of the molecule is COc1ccc(C2CC(c3ccccc3)=NN2c2nc3ccc(C)cc3s2)cc1. The summed E-state index contributed by atoms with van der Waals surface area (Å²) in [5.41, 5.74) is 5.71. The number of fused-ring (bicyclic) bond motifs is 1. The van der Waals surface area contributed by atoms with E-state index in [0.29, 0.717) is 0 Å². The molecule has 0 fully saturated rings. The maximum absolute atomic E-state index is 5.33. The smallest absolute Gasteiger partial charge is 0.207 e. The Morgan fingerprint density at radius 3 is 2.55 bits per heavy atom. The molecular formula is C24H21N3OS. The Kier molecular flexibility index (Phi) is 4.52. The van der Waals surface area contributed by atoms with Gasteiger partial charge in [-0.15, -0.1) is 0 Å². The molecule has 0 bridgehead atoms. The number of hydrogen-bond donors (Lipinski definition) is 0. The van der Waals surface area contributed by atoms with Crippen LogP contribution in [0, 0.1) is 6.92 Å². The third-order valence-corrected chi connectivity index (χ3v) is 6.25. The molecule has 0 amide bonds. The van der Waals surface area contributed by atoms with Crippen molar-refractivity contribution in [3.05, 3.63) is 89.5 Å². The highest BCUT2D eigenvalue weighted by Gasteiger charge is 2.31. The summed E-state index contributed by atoms with van der Waals surface area (Å²) in [4.78, 5) is 4.89. The molecule has 0 aliphatic carbocycles. The van der Waals surface area contributed by atoms with Crippen LogP contribution in [-0.4, -0.2) is 17.8 Å². The third kappa shape index (κ3) is 3.38. The quantitative estimate of drug-likeness (QED) is 0.424. The minimum Gasteiger partial charge on any atom is -0.497 e. The molecule has 3 aromatic carbocycles. The van der Waals surface area contributed by atoms with E-state index in [1.54, 1.807) is 18.4 Å². The number of rotatable bonds is 4. The molecule has 4 aromatic rings. The first-order chi connectivity index (χ1) is 14.2. The first-order valence-corrected chi connectivity index (χ1v) is 10.5. The molecule has 144 valence electrons. The molecule has 0 saturated carbocycles. The maximum Gasteiger partial charge on any atom is 0.207 e. The van der Waals surface area contributed by atoms with Crippen LogP contribution in [0.15, 0.2) is 77.9 Å². The van der Waals surface area contributed by atoms with Gasteiger partial charge in [-0.25, -0.2) is 9.99 Å². The average molecular weight is 400 g/mol. The number of methoxy groups -OCH3 is 1. The lowest BCUT2D eigenvalue weighted by molar-refractivity contribution is 0.414. The largest absolute Gasteiger partial charge is 0.497 e. The summed E-state index contributed by atoms with van der Waals surface area (Å²) < 4.78 is 6.52. The third-order valence-electron chi connectivity index (χ3n) is 5.25. The molecular weight excluding hydrogens is 378 g/mol. The number of benzene rings is 3. The Morgan fingerprint density at radius 2 is 1.79 bits per heavy atom. The van der Waals surface area contributed by atoms with Crippen LogP contribution in [0.1, 0.15) is 29.2 Å². The molecule has 0 N–H and O–H groups in total. The van der Waals surface area contributed by atoms with Crippen molar-refractivity contribution in [1.82, 2.24) is 4.98 Å². The lowest BCUT2D eigenvalue weighted by Crippen LogP contribution is -2.18. The van der Waals surface area contributed by atoms with E-state index in [2.05, 4.69) is 66.5 Å².